The Kier molecular flexibility index (Phi) is 7.66. The summed E-state index contributed by atoms with van der Waals surface area (Å²) in [6, 6.07) is 5.87. The van der Waals surface area contributed by atoms with E-state index in [2.05, 4.69) is 41.2 Å². The van der Waals surface area contributed by atoms with Crippen molar-refractivity contribution in [3.8, 4) is 0 Å². The van der Waals surface area contributed by atoms with E-state index in [1.54, 1.807) is 0 Å². The third-order valence-electron chi connectivity index (χ3n) is 5.01. The molecule has 7 nitrogen and oxygen atoms in total. The molecule has 9 heteroatoms. The highest BCUT2D eigenvalue weighted by molar-refractivity contribution is 7.15. The number of halogens is 1. The van der Waals surface area contributed by atoms with Gasteiger partial charge >= 0.3 is 0 Å². The van der Waals surface area contributed by atoms with Crippen molar-refractivity contribution in [2.24, 2.45) is 5.92 Å². The number of nitrogens with one attached hydrogen (secondary N) is 1. The van der Waals surface area contributed by atoms with Crippen LogP contribution in [0, 0.1) is 12.8 Å². The van der Waals surface area contributed by atoms with Crippen molar-refractivity contribution in [3.05, 3.63) is 33.8 Å². The molecule has 0 unspecified atom stereocenters. The lowest BCUT2D eigenvalue weighted by Crippen LogP contribution is -2.49. The van der Waals surface area contributed by atoms with Crippen molar-refractivity contribution in [2.45, 2.75) is 40.0 Å². The van der Waals surface area contributed by atoms with Crippen molar-refractivity contribution in [3.63, 3.8) is 0 Å². The summed E-state index contributed by atoms with van der Waals surface area (Å²) < 4.78 is 0. The molecule has 2 aromatic rings. The zero-order chi connectivity index (χ0) is 21.7. The van der Waals surface area contributed by atoms with E-state index >= 15 is 0 Å². The smallest absolute Gasteiger partial charge is 0.226 e. The number of hydrogen-bond acceptors (Lipinski definition) is 6. The molecule has 1 saturated heterocycles. The van der Waals surface area contributed by atoms with Crippen molar-refractivity contribution in [1.82, 2.24) is 15.1 Å². The number of carbonyl (C=O) groups is 2. The predicted octanol–water partition coefficient (Wildman–Crippen LogP) is 3.77. The molecule has 3 rings (SSSR count). The first-order valence-corrected chi connectivity index (χ1v) is 11.4. The van der Waals surface area contributed by atoms with Crippen LogP contribution in [0.25, 0.3) is 0 Å². The van der Waals surface area contributed by atoms with Gasteiger partial charge in [-0.3, -0.25) is 9.59 Å². The number of carbonyl (C=O) groups excluding carboxylic acids is 2. The fraction of sp³-hybridized carbons (Fsp3) is 0.524. The quantitative estimate of drug-likeness (QED) is 0.696. The largest absolute Gasteiger partial charge is 0.368 e. The van der Waals surface area contributed by atoms with Gasteiger partial charge in [-0.1, -0.05) is 42.9 Å². The van der Waals surface area contributed by atoms with Gasteiger partial charge in [-0.25, -0.2) is 0 Å². The number of rotatable bonds is 7. The van der Waals surface area contributed by atoms with Crippen LogP contribution in [0.1, 0.15) is 37.3 Å². The van der Waals surface area contributed by atoms with Crippen LogP contribution in [0.4, 0.5) is 10.8 Å². The monoisotopic (exact) mass is 449 g/mol. The molecule has 162 valence electrons. The molecule has 0 bridgehead atoms. The highest BCUT2D eigenvalue weighted by Crippen LogP contribution is 2.25. The minimum Gasteiger partial charge on any atom is -0.368 e. The Morgan fingerprint density at radius 1 is 1.17 bits per heavy atom. The van der Waals surface area contributed by atoms with Crippen molar-refractivity contribution in [2.75, 3.05) is 36.4 Å². The molecule has 30 heavy (non-hydrogen) atoms. The van der Waals surface area contributed by atoms with Crippen molar-refractivity contribution < 1.29 is 9.59 Å². The first-order chi connectivity index (χ1) is 14.3. The molecule has 1 N–H and O–H groups in total. The third kappa shape index (κ3) is 6.15. The SMILES string of the molecule is Cc1ccc(Cl)cc1N1CCN(C(=O)CCC(=O)Nc2nnc(CC(C)C)s2)CC1. The topological polar surface area (TPSA) is 78.4 Å². The molecule has 1 fully saturated rings. The predicted molar refractivity (Wildman–Crippen MR) is 121 cm³/mol. The number of anilines is 2. The van der Waals surface area contributed by atoms with Crippen LogP contribution in [0.5, 0.6) is 0 Å². The van der Waals surface area contributed by atoms with Crippen LogP contribution < -0.4 is 10.2 Å². The Morgan fingerprint density at radius 3 is 2.60 bits per heavy atom. The van der Waals surface area contributed by atoms with Crippen LogP contribution in [0.2, 0.25) is 5.02 Å². The Balaban J connectivity index is 1.43. The maximum absolute atomic E-state index is 12.5. The maximum Gasteiger partial charge on any atom is 0.226 e. The second-order valence-corrected chi connectivity index (χ2v) is 9.44. The lowest BCUT2D eigenvalue weighted by Gasteiger charge is -2.37. The lowest BCUT2D eigenvalue weighted by atomic mass is 10.1. The molecule has 2 heterocycles. The Morgan fingerprint density at radius 2 is 1.90 bits per heavy atom. The number of benzene rings is 1. The summed E-state index contributed by atoms with van der Waals surface area (Å²) in [4.78, 5) is 28.8. The Labute approximate surface area is 186 Å². The zero-order valence-corrected chi connectivity index (χ0v) is 19.2. The van der Waals surface area contributed by atoms with E-state index in [4.69, 9.17) is 11.6 Å². The fourth-order valence-corrected chi connectivity index (χ4v) is 4.55. The van der Waals surface area contributed by atoms with E-state index in [0.29, 0.717) is 29.2 Å². The number of aryl methyl sites for hydroxylation is 1. The molecule has 1 aliphatic rings. The van der Waals surface area contributed by atoms with Gasteiger partial charge < -0.3 is 15.1 Å². The number of aromatic nitrogens is 2. The van der Waals surface area contributed by atoms with Crippen LogP contribution in [-0.2, 0) is 16.0 Å². The second kappa shape index (κ2) is 10.2. The van der Waals surface area contributed by atoms with Crippen LogP contribution in [-0.4, -0.2) is 53.1 Å². The van der Waals surface area contributed by atoms with E-state index < -0.39 is 0 Å². The first kappa shape index (κ1) is 22.5. The molecule has 0 radical (unpaired) electrons. The zero-order valence-electron chi connectivity index (χ0n) is 17.7. The molecule has 0 saturated carbocycles. The van der Waals surface area contributed by atoms with Gasteiger partial charge in [-0.2, -0.15) is 0 Å². The molecule has 1 aromatic carbocycles. The van der Waals surface area contributed by atoms with E-state index in [9.17, 15) is 9.59 Å². The Hall–Kier alpha value is -2.19. The molecular formula is C21H28ClN5O2S. The van der Waals surface area contributed by atoms with Gasteiger partial charge in [-0.05, 0) is 30.5 Å². The van der Waals surface area contributed by atoms with Gasteiger partial charge in [0.25, 0.3) is 0 Å². The highest BCUT2D eigenvalue weighted by atomic mass is 35.5. The molecule has 0 aliphatic carbocycles. The standard InChI is InChI=1S/C21H28ClN5O2S/c1-14(2)12-19-24-25-21(30-19)23-18(28)6-7-20(29)27-10-8-26(9-11-27)17-13-16(22)5-4-15(17)3/h4-5,13-14H,6-12H2,1-3H3,(H,23,25,28). The average Bonchev–Trinajstić information content (AvgIpc) is 3.14. The van der Waals surface area contributed by atoms with Gasteiger partial charge in [0.15, 0.2) is 0 Å². The second-order valence-electron chi connectivity index (χ2n) is 7.95. The molecular weight excluding hydrogens is 422 g/mol. The van der Waals surface area contributed by atoms with Gasteiger partial charge in [0.2, 0.25) is 16.9 Å². The Bertz CT molecular complexity index is 893. The summed E-state index contributed by atoms with van der Waals surface area (Å²) in [6.07, 6.45) is 1.18. The molecule has 1 aliphatic heterocycles. The minimum atomic E-state index is -0.205. The molecule has 1 aromatic heterocycles. The summed E-state index contributed by atoms with van der Waals surface area (Å²) >= 11 is 7.52. The van der Waals surface area contributed by atoms with Crippen molar-refractivity contribution in [1.29, 1.82) is 0 Å². The van der Waals surface area contributed by atoms with Crippen molar-refractivity contribution >= 4 is 45.6 Å². The molecule has 0 atom stereocenters. The van der Waals surface area contributed by atoms with E-state index in [1.165, 1.54) is 16.9 Å². The van der Waals surface area contributed by atoms with Gasteiger partial charge in [-0.15, -0.1) is 10.2 Å². The average molecular weight is 450 g/mol. The maximum atomic E-state index is 12.5. The summed E-state index contributed by atoms with van der Waals surface area (Å²) in [5, 5.41) is 13.0. The van der Waals surface area contributed by atoms with E-state index in [-0.39, 0.29) is 24.7 Å². The van der Waals surface area contributed by atoms with Crippen LogP contribution >= 0.6 is 22.9 Å². The molecule has 0 spiro atoms. The summed E-state index contributed by atoms with van der Waals surface area (Å²) in [5.41, 5.74) is 2.28. The third-order valence-corrected chi connectivity index (χ3v) is 6.10. The normalized spacial score (nSPS) is 14.3. The highest BCUT2D eigenvalue weighted by Gasteiger charge is 2.23. The van der Waals surface area contributed by atoms with E-state index in [1.807, 2.05) is 23.1 Å². The number of hydrogen-bond donors (Lipinski definition) is 1. The summed E-state index contributed by atoms with van der Waals surface area (Å²) in [7, 11) is 0. The van der Waals surface area contributed by atoms with Gasteiger partial charge in [0.1, 0.15) is 5.01 Å². The number of piperazine rings is 1. The lowest BCUT2D eigenvalue weighted by molar-refractivity contribution is -0.133. The fourth-order valence-electron chi connectivity index (χ4n) is 3.42. The first-order valence-electron chi connectivity index (χ1n) is 10.2. The van der Waals surface area contributed by atoms with Gasteiger partial charge in [0, 0.05) is 56.2 Å². The van der Waals surface area contributed by atoms with E-state index in [0.717, 1.165) is 30.2 Å². The summed E-state index contributed by atoms with van der Waals surface area (Å²) in [6.45, 7) is 9.07. The summed E-state index contributed by atoms with van der Waals surface area (Å²) in [5.74, 6) is 0.288. The minimum absolute atomic E-state index is 0.00498. The van der Waals surface area contributed by atoms with Gasteiger partial charge in [0.05, 0.1) is 0 Å². The number of nitrogens with zero attached hydrogens (tertiary/aromatic N) is 4. The molecule has 2 amide bonds. The van der Waals surface area contributed by atoms with Crippen LogP contribution in [0.3, 0.4) is 0 Å². The van der Waals surface area contributed by atoms with Crippen LogP contribution in [0.15, 0.2) is 18.2 Å². The number of amides is 2.